The first-order valence-electron chi connectivity index (χ1n) is 8.85. The lowest BCUT2D eigenvalue weighted by atomic mass is 10.1. The number of aliphatic hydroxyl groups is 1. The molecule has 2 amide bonds. The van der Waals surface area contributed by atoms with Gasteiger partial charge >= 0.3 is 6.03 Å². The molecule has 2 unspecified atom stereocenters. The van der Waals surface area contributed by atoms with Crippen LogP contribution < -0.4 is 5.32 Å². The maximum atomic E-state index is 12.7. The number of nitrogens with zero attached hydrogens (tertiary/aromatic N) is 3. The first kappa shape index (κ1) is 17.5. The topological polar surface area (TPSA) is 83.5 Å². The van der Waals surface area contributed by atoms with Gasteiger partial charge in [-0.05, 0) is 30.9 Å². The van der Waals surface area contributed by atoms with Gasteiger partial charge in [-0.25, -0.2) is 9.48 Å². The second kappa shape index (κ2) is 7.74. The largest absolute Gasteiger partial charge is 0.467 e. The van der Waals surface area contributed by atoms with Crippen LogP contribution in [0.3, 0.4) is 0 Å². The van der Waals surface area contributed by atoms with Crippen LogP contribution in [0.25, 0.3) is 0 Å². The molecule has 2 N–H and O–H groups in total. The molecule has 1 saturated heterocycles. The minimum absolute atomic E-state index is 0.00145. The van der Waals surface area contributed by atoms with Gasteiger partial charge in [-0.2, -0.15) is 5.10 Å². The number of likely N-dealkylation sites (tertiary alicyclic amines) is 1. The number of furan rings is 1. The van der Waals surface area contributed by atoms with Crippen LogP contribution in [0.2, 0.25) is 0 Å². The summed E-state index contributed by atoms with van der Waals surface area (Å²) in [5.41, 5.74) is 0. The Hall–Kier alpha value is -2.28. The van der Waals surface area contributed by atoms with E-state index in [2.05, 4.69) is 24.3 Å². The number of hydrogen-bond donors (Lipinski definition) is 2. The minimum atomic E-state index is -0.695. The lowest BCUT2D eigenvalue weighted by Gasteiger charge is -2.26. The highest BCUT2D eigenvalue weighted by Gasteiger charge is 2.31. The average molecular weight is 346 g/mol. The summed E-state index contributed by atoms with van der Waals surface area (Å²) in [7, 11) is 0. The smallest absolute Gasteiger partial charge is 0.323 e. The summed E-state index contributed by atoms with van der Waals surface area (Å²) < 4.78 is 7.07. The van der Waals surface area contributed by atoms with Gasteiger partial charge in [0.25, 0.3) is 0 Å². The first-order valence-corrected chi connectivity index (χ1v) is 8.85. The number of rotatable bonds is 6. The Morgan fingerprint density at radius 2 is 2.32 bits per heavy atom. The fourth-order valence-corrected chi connectivity index (χ4v) is 3.31. The third-order valence-corrected chi connectivity index (χ3v) is 4.49. The van der Waals surface area contributed by atoms with E-state index in [4.69, 9.17) is 4.42 Å². The van der Waals surface area contributed by atoms with Crippen LogP contribution in [0.4, 0.5) is 10.6 Å². The Morgan fingerprint density at radius 1 is 1.48 bits per heavy atom. The number of nitrogens with one attached hydrogen (secondary N) is 1. The van der Waals surface area contributed by atoms with E-state index < -0.39 is 6.10 Å². The molecule has 0 bridgehead atoms. The van der Waals surface area contributed by atoms with Crippen molar-refractivity contribution in [2.75, 3.05) is 11.9 Å². The van der Waals surface area contributed by atoms with Gasteiger partial charge in [0.2, 0.25) is 0 Å². The van der Waals surface area contributed by atoms with Crippen molar-refractivity contribution in [2.45, 2.75) is 51.8 Å². The van der Waals surface area contributed by atoms with Crippen LogP contribution in [0.15, 0.2) is 35.1 Å². The van der Waals surface area contributed by atoms with Crippen LogP contribution in [0.5, 0.6) is 0 Å². The van der Waals surface area contributed by atoms with Crippen LogP contribution in [-0.4, -0.2) is 38.4 Å². The van der Waals surface area contributed by atoms with Gasteiger partial charge in [-0.15, -0.1) is 0 Å². The molecule has 7 heteroatoms. The highest BCUT2D eigenvalue weighted by atomic mass is 16.4. The molecule has 25 heavy (non-hydrogen) atoms. The molecule has 2 aromatic heterocycles. The number of aromatic nitrogens is 2. The second-order valence-electron chi connectivity index (χ2n) is 6.98. The molecule has 0 aromatic carbocycles. The number of carbonyl (C=O) groups excluding carboxylic acids is 1. The van der Waals surface area contributed by atoms with Gasteiger partial charge in [0.05, 0.1) is 12.5 Å². The molecular weight excluding hydrogens is 320 g/mol. The summed E-state index contributed by atoms with van der Waals surface area (Å²) in [4.78, 5) is 14.5. The van der Waals surface area contributed by atoms with Crippen molar-refractivity contribution in [1.29, 1.82) is 0 Å². The molecular formula is C18H26N4O3. The first-order chi connectivity index (χ1) is 12.0. The van der Waals surface area contributed by atoms with Crippen molar-refractivity contribution in [3.8, 4) is 0 Å². The molecule has 7 nitrogen and oxygen atoms in total. The predicted octanol–water partition coefficient (Wildman–Crippen LogP) is 3.25. The summed E-state index contributed by atoms with van der Waals surface area (Å²) in [6.07, 6.45) is 4.85. The molecule has 0 saturated carbocycles. The zero-order chi connectivity index (χ0) is 17.8. The normalized spacial score (nSPS) is 18.7. The molecule has 0 spiro atoms. The summed E-state index contributed by atoms with van der Waals surface area (Å²) in [5, 5.41) is 17.5. The van der Waals surface area contributed by atoms with Crippen LogP contribution >= 0.6 is 0 Å². The molecule has 0 radical (unpaired) electrons. The Morgan fingerprint density at radius 3 is 3.04 bits per heavy atom. The zero-order valence-corrected chi connectivity index (χ0v) is 14.8. The van der Waals surface area contributed by atoms with E-state index in [9.17, 15) is 9.90 Å². The van der Waals surface area contributed by atoms with Gasteiger partial charge in [0, 0.05) is 31.6 Å². The van der Waals surface area contributed by atoms with E-state index in [-0.39, 0.29) is 12.1 Å². The number of anilines is 1. The van der Waals surface area contributed by atoms with E-state index in [1.807, 2.05) is 10.7 Å². The van der Waals surface area contributed by atoms with Crippen molar-refractivity contribution in [3.63, 3.8) is 0 Å². The third kappa shape index (κ3) is 4.22. The van der Waals surface area contributed by atoms with Crippen LogP contribution in [0.1, 0.15) is 45.0 Å². The quantitative estimate of drug-likeness (QED) is 0.841. The van der Waals surface area contributed by atoms with Gasteiger partial charge in [-0.1, -0.05) is 13.8 Å². The SMILES string of the molecule is CC(C)Cn1nccc1NC(=O)N1CCCC1CC(O)c1ccco1. The molecule has 3 rings (SSSR count). The van der Waals surface area contributed by atoms with Crippen LogP contribution in [-0.2, 0) is 6.54 Å². The second-order valence-corrected chi connectivity index (χ2v) is 6.98. The summed E-state index contributed by atoms with van der Waals surface area (Å²) in [6.45, 7) is 5.67. The van der Waals surface area contributed by atoms with Crippen molar-refractivity contribution in [3.05, 3.63) is 36.4 Å². The van der Waals surface area contributed by atoms with Gasteiger partial charge in [0.1, 0.15) is 17.7 Å². The van der Waals surface area contributed by atoms with E-state index in [0.717, 1.165) is 19.4 Å². The Kier molecular flexibility index (Phi) is 5.43. The highest BCUT2D eigenvalue weighted by molar-refractivity contribution is 5.88. The molecule has 2 aromatic rings. The van der Waals surface area contributed by atoms with Gasteiger partial charge in [-0.3, -0.25) is 5.32 Å². The van der Waals surface area contributed by atoms with Gasteiger partial charge in [0.15, 0.2) is 0 Å². The molecule has 136 valence electrons. The van der Waals surface area contributed by atoms with E-state index in [1.54, 1.807) is 29.5 Å². The fourth-order valence-electron chi connectivity index (χ4n) is 3.31. The molecule has 0 aliphatic carbocycles. The number of urea groups is 1. The highest BCUT2D eigenvalue weighted by Crippen LogP contribution is 2.28. The van der Waals surface area contributed by atoms with E-state index >= 15 is 0 Å². The minimum Gasteiger partial charge on any atom is -0.467 e. The zero-order valence-electron chi connectivity index (χ0n) is 14.8. The molecule has 3 heterocycles. The predicted molar refractivity (Wildman–Crippen MR) is 94.1 cm³/mol. The summed E-state index contributed by atoms with van der Waals surface area (Å²) >= 11 is 0. The number of amides is 2. The number of hydrogen-bond acceptors (Lipinski definition) is 4. The average Bonchev–Trinajstić information content (AvgIpc) is 3.28. The van der Waals surface area contributed by atoms with E-state index in [1.165, 1.54) is 0 Å². The van der Waals surface area contributed by atoms with Crippen molar-refractivity contribution in [1.82, 2.24) is 14.7 Å². The molecule has 1 aliphatic heterocycles. The number of aliphatic hydroxyl groups excluding tert-OH is 1. The summed E-state index contributed by atoms with van der Waals surface area (Å²) in [5.74, 6) is 1.69. The Labute approximate surface area is 147 Å². The van der Waals surface area contributed by atoms with Crippen LogP contribution in [0, 0.1) is 5.92 Å². The summed E-state index contributed by atoms with van der Waals surface area (Å²) in [6, 6.07) is 5.19. The third-order valence-electron chi connectivity index (χ3n) is 4.49. The Bertz CT molecular complexity index is 680. The molecule has 1 aliphatic rings. The standard InChI is InChI=1S/C18H26N4O3/c1-13(2)12-22-17(7-8-19-22)20-18(24)21-9-3-5-14(21)11-15(23)16-6-4-10-25-16/h4,6-8,10,13-15,23H,3,5,9,11-12H2,1-2H3,(H,20,24). The van der Waals surface area contributed by atoms with Crippen molar-refractivity contribution < 1.29 is 14.3 Å². The van der Waals surface area contributed by atoms with Crippen molar-refractivity contribution >= 4 is 11.8 Å². The maximum Gasteiger partial charge on any atom is 0.323 e. The lowest BCUT2D eigenvalue weighted by Crippen LogP contribution is -2.39. The maximum absolute atomic E-state index is 12.7. The van der Waals surface area contributed by atoms with E-state index in [0.29, 0.717) is 30.5 Å². The Balaban J connectivity index is 1.62. The lowest BCUT2D eigenvalue weighted by molar-refractivity contribution is 0.110. The molecule has 2 atom stereocenters. The molecule has 1 fully saturated rings. The monoisotopic (exact) mass is 346 g/mol. The van der Waals surface area contributed by atoms with Gasteiger partial charge < -0.3 is 14.4 Å². The fraction of sp³-hybridized carbons (Fsp3) is 0.556. The number of carbonyl (C=O) groups is 1. The van der Waals surface area contributed by atoms with Crippen molar-refractivity contribution in [2.24, 2.45) is 5.92 Å².